The standard InChI is InChI=1S/C12H16FN/c1-9-3-5-10(6-4-9)12(2)11(13)7-8-14-12/h3-6,11,14H,7-8H2,1-2H3. The van der Waals surface area contributed by atoms with Crippen LogP contribution in [0.4, 0.5) is 4.39 Å². The average Bonchev–Trinajstić information content (AvgIpc) is 2.49. The number of aryl methyl sites for hydroxylation is 1. The number of hydrogen-bond donors (Lipinski definition) is 1. The molecule has 1 saturated heterocycles. The minimum Gasteiger partial charge on any atom is -0.305 e. The lowest BCUT2D eigenvalue weighted by molar-refractivity contribution is 0.220. The van der Waals surface area contributed by atoms with Gasteiger partial charge in [0.2, 0.25) is 0 Å². The van der Waals surface area contributed by atoms with Gasteiger partial charge in [0, 0.05) is 0 Å². The van der Waals surface area contributed by atoms with E-state index in [1.54, 1.807) is 0 Å². The Morgan fingerprint density at radius 3 is 2.50 bits per heavy atom. The van der Waals surface area contributed by atoms with Crippen molar-refractivity contribution in [2.75, 3.05) is 6.54 Å². The molecule has 14 heavy (non-hydrogen) atoms. The van der Waals surface area contributed by atoms with Gasteiger partial charge in [-0.25, -0.2) is 4.39 Å². The van der Waals surface area contributed by atoms with Crippen LogP contribution >= 0.6 is 0 Å². The molecular weight excluding hydrogens is 177 g/mol. The van der Waals surface area contributed by atoms with Crippen LogP contribution in [-0.4, -0.2) is 12.7 Å². The second-order valence-electron chi connectivity index (χ2n) is 4.25. The van der Waals surface area contributed by atoms with E-state index in [-0.39, 0.29) is 0 Å². The van der Waals surface area contributed by atoms with E-state index < -0.39 is 11.7 Å². The van der Waals surface area contributed by atoms with Gasteiger partial charge in [0.25, 0.3) is 0 Å². The van der Waals surface area contributed by atoms with Crippen LogP contribution in [0.25, 0.3) is 0 Å². The number of halogens is 1. The van der Waals surface area contributed by atoms with Crippen LogP contribution in [0, 0.1) is 6.92 Å². The lowest BCUT2D eigenvalue weighted by Gasteiger charge is -2.27. The average molecular weight is 193 g/mol. The van der Waals surface area contributed by atoms with Crippen molar-refractivity contribution in [3.05, 3.63) is 35.4 Å². The summed E-state index contributed by atoms with van der Waals surface area (Å²) in [6.07, 6.45) is -0.158. The van der Waals surface area contributed by atoms with Gasteiger partial charge in [-0.1, -0.05) is 29.8 Å². The van der Waals surface area contributed by atoms with Gasteiger partial charge in [-0.05, 0) is 32.4 Å². The zero-order valence-corrected chi connectivity index (χ0v) is 8.68. The molecule has 0 bridgehead atoms. The van der Waals surface area contributed by atoms with E-state index in [4.69, 9.17) is 0 Å². The van der Waals surface area contributed by atoms with Gasteiger partial charge in [0.05, 0.1) is 5.54 Å². The first kappa shape index (κ1) is 9.66. The van der Waals surface area contributed by atoms with Crippen molar-refractivity contribution in [3.8, 4) is 0 Å². The van der Waals surface area contributed by atoms with E-state index in [9.17, 15) is 4.39 Å². The number of alkyl halides is 1. The van der Waals surface area contributed by atoms with Crippen molar-refractivity contribution >= 4 is 0 Å². The molecule has 1 aromatic carbocycles. The lowest BCUT2D eigenvalue weighted by atomic mass is 9.88. The summed E-state index contributed by atoms with van der Waals surface area (Å²) in [4.78, 5) is 0. The van der Waals surface area contributed by atoms with Gasteiger partial charge >= 0.3 is 0 Å². The molecule has 2 rings (SSSR count). The highest BCUT2D eigenvalue weighted by molar-refractivity contribution is 5.29. The van der Waals surface area contributed by atoms with E-state index >= 15 is 0 Å². The second-order valence-corrected chi connectivity index (χ2v) is 4.25. The Kier molecular flexibility index (Phi) is 2.31. The predicted octanol–water partition coefficient (Wildman–Crippen LogP) is 2.54. The summed E-state index contributed by atoms with van der Waals surface area (Å²) in [6, 6.07) is 8.10. The first-order chi connectivity index (χ1) is 6.63. The van der Waals surface area contributed by atoms with Crippen LogP contribution in [0.2, 0.25) is 0 Å². The molecule has 1 nitrogen and oxygen atoms in total. The van der Waals surface area contributed by atoms with Crippen LogP contribution < -0.4 is 5.32 Å². The van der Waals surface area contributed by atoms with E-state index in [2.05, 4.69) is 5.32 Å². The van der Waals surface area contributed by atoms with Crippen LogP contribution in [-0.2, 0) is 5.54 Å². The molecule has 76 valence electrons. The Bertz CT molecular complexity index is 320. The van der Waals surface area contributed by atoms with Crippen molar-refractivity contribution in [2.24, 2.45) is 0 Å². The Morgan fingerprint density at radius 1 is 1.36 bits per heavy atom. The van der Waals surface area contributed by atoms with Crippen LogP contribution in [0.1, 0.15) is 24.5 Å². The Morgan fingerprint density at radius 2 is 2.00 bits per heavy atom. The molecule has 2 unspecified atom stereocenters. The minimum absolute atomic E-state index is 0.478. The number of benzene rings is 1. The van der Waals surface area contributed by atoms with Gasteiger partial charge < -0.3 is 5.32 Å². The fourth-order valence-corrected chi connectivity index (χ4v) is 2.04. The van der Waals surface area contributed by atoms with Crippen LogP contribution in [0.15, 0.2) is 24.3 Å². The largest absolute Gasteiger partial charge is 0.305 e. The Hall–Kier alpha value is -0.890. The maximum atomic E-state index is 13.7. The van der Waals surface area contributed by atoms with E-state index in [0.717, 1.165) is 12.1 Å². The molecule has 1 heterocycles. The molecule has 0 amide bonds. The molecule has 0 aromatic heterocycles. The molecule has 1 aromatic rings. The summed E-state index contributed by atoms with van der Waals surface area (Å²) >= 11 is 0. The third-order valence-corrected chi connectivity index (χ3v) is 3.17. The van der Waals surface area contributed by atoms with E-state index in [1.807, 2.05) is 38.1 Å². The quantitative estimate of drug-likeness (QED) is 0.722. The van der Waals surface area contributed by atoms with Gasteiger partial charge in [0.15, 0.2) is 0 Å². The monoisotopic (exact) mass is 193 g/mol. The SMILES string of the molecule is Cc1ccc(C2(C)NCCC2F)cc1. The van der Waals surface area contributed by atoms with Crippen molar-refractivity contribution < 1.29 is 4.39 Å². The molecule has 0 saturated carbocycles. The highest BCUT2D eigenvalue weighted by Gasteiger charge is 2.40. The maximum Gasteiger partial charge on any atom is 0.123 e. The summed E-state index contributed by atoms with van der Waals surface area (Å²) in [7, 11) is 0. The summed E-state index contributed by atoms with van der Waals surface area (Å²) in [6.45, 7) is 4.75. The molecule has 1 N–H and O–H groups in total. The fraction of sp³-hybridized carbons (Fsp3) is 0.500. The molecular formula is C12H16FN. The fourth-order valence-electron chi connectivity index (χ4n) is 2.04. The zero-order valence-electron chi connectivity index (χ0n) is 8.68. The normalized spacial score (nSPS) is 32.1. The molecule has 2 heteroatoms. The topological polar surface area (TPSA) is 12.0 Å². The number of hydrogen-bond acceptors (Lipinski definition) is 1. The third-order valence-electron chi connectivity index (χ3n) is 3.17. The maximum absolute atomic E-state index is 13.7. The Balaban J connectivity index is 2.34. The van der Waals surface area contributed by atoms with Crippen LogP contribution in [0.5, 0.6) is 0 Å². The van der Waals surface area contributed by atoms with Gasteiger partial charge in [-0.3, -0.25) is 0 Å². The molecule has 0 radical (unpaired) electrons. The summed E-state index contributed by atoms with van der Waals surface area (Å²) < 4.78 is 13.7. The molecule has 1 aliphatic rings. The third kappa shape index (κ3) is 1.44. The highest BCUT2D eigenvalue weighted by Crippen LogP contribution is 2.32. The Labute approximate surface area is 84.3 Å². The smallest absolute Gasteiger partial charge is 0.123 e. The molecule has 0 spiro atoms. The number of rotatable bonds is 1. The first-order valence-electron chi connectivity index (χ1n) is 5.09. The van der Waals surface area contributed by atoms with Crippen molar-refractivity contribution in [2.45, 2.75) is 32.0 Å². The molecule has 1 aliphatic heterocycles. The van der Waals surface area contributed by atoms with Gasteiger partial charge in [-0.15, -0.1) is 0 Å². The predicted molar refractivity (Wildman–Crippen MR) is 56.0 cm³/mol. The zero-order chi connectivity index (χ0) is 10.2. The minimum atomic E-state index is -0.773. The molecule has 1 fully saturated rings. The van der Waals surface area contributed by atoms with E-state index in [0.29, 0.717) is 6.42 Å². The van der Waals surface area contributed by atoms with Gasteiger partial charge in [0.1, 0.15) is 6.17 Å². The van der Waals surface area contributed by atoms with Crippen LogP contribution in [0.3, 0.4) is 0 Å². The summed E-state index contributed by atoms with van der Waals surface area (Å²) in [5.41, 5.74) is 1.78. The number of nitrogens with one attached hydrogen (secondary N) is 1. The summed E-state index contributed by atoms with van der Waals surface area (Å²) in [5.74, 6) is 0. The van der Waals surface area contributed by atoms with Gasteiger partial charge in [-0.2, -0.15) is 0 Å². The van der Waals surface area contributed by atoms with E-state index in [1.165, 1.54) is 5.56 Å². The van der Waals surface area contributed by atoms with Crippen molar-refractivity contribution in [3.63, 3.8) is 0 Å². The first-order valence-corrected chi connectivity index (χ1v) is 5.09. The second kappa shape index (κ2) is 3.35. The molecule has 2 atom stereocenters. The van der Waals surface area contributed by atoms with Crippen molar-refractivity contribution in [1.82, 2.24) is 5.32 Å². The molecule has 0 aliphatic carbocycles. The van der Waals surface area contributed by atoms with Crippen molar-refractivity contribution in [1.29, 1.82) is 0 Å². The summed E-state index contributed by atoms with van der Waals surface area (Å²) in [5, 5.41) is 3.24. The highest BCUT2D eigenvalue weighted by atomic mass is 19.1. The lowest BCUT2D eigenvalue weighted by Crippen LogP contribution is -2.39.